The summed E-state index contributed by atoms with van der Waals surface area (Å²) in [6, 6.07) is 8.73. The summed E-state index contributed by atoms with van der Waals surface area (Å²) >= 11 is 0. The highest BCUT2D eigenvalue weighted by atomic mass is 16.2. The molecule has 5 heteroatoms. The number of amides is 2. The van der Waals surface area contributed by atoms with Crippen molar-refractivity contribution < 1.29 is 9.59 Å². The Kier molecular flexibility index (Phi) is 4.17. The van der Waals surface area contributed by atoms with Gasteiger partial charge in [0.15, 0.2) is 0 Å². The maximum Gasteiger partial charge on any atom is 0.339 e. The number of nitrogens with one attached hydrogen (secondary N) is 2. The van der Waals surface area contributed by atoms with Crippen LogP contribution in [0.3, 0.4) is 0 Å². The summed E-state index contributed by atoms with van der Waals surface area (Å²) < 4.78 is 0. The Labute approximate surface area is 118 Å². The van der Waals surface area contributed by atoms with E-state index >= 15 is 0 Å². The molecule has 0 bridgehead atoms. The number of hydrogen-bond donors (Lipinski definition) is 2. The van der Waals surface area contributed by atoms with E-state index in [4.69, 9.17) is 0 Å². The summed E-state index contributed by atoms with van der Waals surface area (Å²) in [5, 5.41) is 6.73. The van der Waals surface area contributed by atoms with Crippen LogP contribution in [-0.2, 0) is 4.79 Å². The number of urea groups is 1. The fourth-order valence-corrected chi connectivity index (χ4v) is 2.39. The smallest absolute Gasteiger partial charge is 0.307 e. The first-order valence-electron chi connectivity index (χ1n) is 6.64. The molecule has 1 fully saturated rings. The van der Waals surface area contributed by atoms with Crippen molar-refractivity contribution in [1.29, 1.82) is 0 Å². The van der Waals surface area contributed by atoms with Crippen molar-refractivity contribution in [3.05, 3.63) is 30.3 Å². The minimum absolute atomic E-state index is 0.0776. The number of carbonyl (C=O) groups is 2. The van der Waals surface area contributed by atoms with E-state index in [1.807, 2.05) is 32.0 Å². The van der Waals surface area contributed by atoms with E-state index in [0.717, 1.165) is 12.1 Å². The first-order chi connectivity index (χ1) is 9.44. The third-order valence-electron chi connectivity index (χ3n) is 3.11. The number of carbonyl (C=O) groups excluding carboxylic acids is 2. The lowest BCUT2D eigenvalue weighted by atomic mass is 9.76. The van der Waals surface area contributed by atoms with Gasteiger partial charge in [-0.3, -0.25) is 4.79 Å². The van der Waals surface area contributed by atoms with Crippen LogP contribution in [0.25, 0.3) is 0 Å². The molecule has 1 aromatic carbocycles. The van der Waals surface area contributed by atoms with E-state index in [1.165, 1.54) is 0 Å². The van der Waals surface area contributed by atoms with Crippen molar-refractivity contribution in [3.8, 4) is 0 Å². The predicted molar refractivity (Wildman–Crippen MR) is 78.7 cm³/mol. The number of Topliss-reactive ketones (excluding diaryl/α,β-unsaturated/α-hetero) is 1. The first-order valence-corrected chi connectivity index (χ1v) is 6.64. The van der Waals surface area contributed by atoms with Crippen LogP contribution in [0.1, 0.15) is 33.1 Å². The summed E-state index contributed by atoms with van der Waals surface area (Å²) in [7, 11) is 0. The molecule has 2 N–H and O–H groups in total. The second-order valence-corrected chi connectivity index (χ2v) is 5.84. The van der Waals surface area contributed by atoms with Crippen LogP contribution in [0.2, 0.25) is 0 Å². The fraction of sp³-hybridized carbons (Fsp3) is 0.400. The molecule has 106 valence electrons. The van der Waals surface area contributed by atoms with Gasteiger partial charge in [-0.05, 0) is 24.0 Å². The predicted octanol–water partition coefficient (Wildman–Crippen LogP) is 2.94. The minimum atomic E-state index is -0.403. The fourth-order valence-electron chi connectivity index (χ4n) is 2.39. The number of anilines is 1. The van der Waals surface area contributed by atoms with E-state index in [1.54, 1.807) is 12.1 Å². The van der Waals surface area contributed by atoms with Crippen LogP contribution >= 0.6 is 0 Å². The third kappa shape index (κ3) is 4.19. The lowest BCUT2D eigenvalue weighted by molar-refractivity contribution is -0.120. The van der Waals surface area contributed by atoms with Gasteiger partial charge in [0.25, 0.3) is 0 Å². The highest BCUT2D eigenvalue weighted by Crippen LogP contribution is 2.31. The highest BCUT2D eigenvalue weighted by Gasteiger charge is 2.30. The van der Waals surface area contributed by atoms with Crippen molar-refractivity contribution >= 4 is 23.2 Å². The molecule has 1 saturated carbocycles. The van der Waals surface area contributed by atoms with Crippen LogP contribution < -0.4 is 10.7 Å². The van der Waals surface area contributed by atoms with Crippen molar-refractivity contribution in [3.63, 3.8) is 0 Å². The van der Waals surface area contributed by atoms with Crippen LogP contribution in [0, 0.1) is 5.41 Å². The number of para-hydroxylation sites is 1. The van der Waals surface area contributed by atoms with Gasteiger partial charge in [0, 0.05) is 24.2 Å². The Balaban J connectivity index is 1.92. The molecule has 0 heterocycles. The summed E-state index contributed by atoms with van der Waals surface area (Å²) in [4.78, 5) is 23.3. The lowest BCUT2D eigenvalue weighted by Gasteiger charge is -2.28. The van der Waals surface area contributed by atoms with Gasteiger partial charge in [-0.2, -0.15) is 5.10 Å². The second kappa shape index (κ2) is 5.86. The maximum atomic E-state index is 11.7. The van der Waals surface area contributed by atoms with Gasteiger partial charge >= 0.3 is 6.03 Å². The van der Waals surface area contributed by atoms with E-state index < -0.39 is 6.03 Å². The monoisotopic (exact) mass is 273 g/mol. The molecule has 0 saturated heterocycles. The molecule has 0 spiro atoms. The molecular formula is C15H19N3O2. The standard InChI is InChI=1S/C15H19N3O2/c1-15(2)9-12(8-13(19)10-15)17-18-14(20)16-11-6-4-3-5-7-11/h3-7H,8-10H2,1-2H3,(H2,16,18,20). The van der Waals surface area contributed by atoms with Crippen LogP contribution in [0.15, 0.2) is 35.4 Å². The van der Waals surface area contributed by atoms with E-state index in [2.05, 4.69) is 15.8 Å². The molecule has 1 aliphatic rings. The molecular weight excluding hydrogens is 254 g/mol. The SMILES string of the molecule is CC1(C)CC(=O)CC(=NNC(=O)Nc2ccccc2)C1. The largest absolute Gasteiger partial charge is 0.339 e. The average molecular weight is 273 g/mol. The normalized spacial score (nSPS) is 19.7. The molecule has 0 aliphatic heterocycles. The van der Waals surface area contributed by atoms with Crippen LogP contribution in [0.4, 0.5) is 10.5 Å². The van der Waals surface area contributed by atoms with Gasteiger partial charge in [0.05, 0.1) is 0 Å². The molecule has 2 amide bonds. The minimum Gasteiger partial charge on any atom is -0.307 e. The van der Waals surface area contributed by atoms with E-state index in [0.29, 0.717) is 18.5 Å². The quantitative estimate of drug-likeness (QED) is 0.813. The Hall–Kier alpha value is -2.17. The Morgan fingerprint density at radius 1 is 1.20 bits per heavy atom. The number of rotatable bonds is 2. The molecule has 0 aromatic heterocycles. The molecule has 0 unspecified atom stereocenters. The number of benzene rings is 1. The second-order valence-electron chi connectivity index (χ2n) is 5.84. The van der Waals surface area contributed by atoms with E-state index in [-0.39, 0.29) is 11.2 Å². The Bertz CT molecular complexity index is 535. The average Bonchev–Trinajstić information content (AvgIpc) is 2.35. The van der Waals surface area contributed by atoms with Gasteiger partial charge in [0.2, 0.25) is 0 Å². The van der Waals surface area contributed by atoms with E-state index in [9.17, 15) is 9.59 Å². The zero-order valence-electron chi connectivity index (χ0n) is 11.8. The third-order valence-corrected chi connectivity index (χ3v) is 3.11. The number of hydrazone groups is 1. The Morgan fingerprint density at radius 2 is 1.90 bits per heavy atom. The molecule has 1 aromatic rings. The van der Waals surface area contributed by atoms with Crippen molar-refractivity contribution in [2.45, 2.75) is 33.1 Å². The number of ketones is 1. The highest BCUT2D eigenvalue weighted by molar-refractivity contribution is 6.05. The summed E-state index contributed by atoms with van der Waals surface area (Å²) in [5.41, 5.74) is 3.80. The van der Waals surface area contributed by atoms with Gasteiger partial charge in [-0.25, -0.2) is 10.2 Å². The molecule has 2 rings (SSSR count). The van der Waals surface area contributed by atoms with Crippen molar-refractivity contribution in [2.24, 2.45) is 10.5 Å². The Morgan fingerprint density at radius 3 is 2.55 bits per heavy atom. The van der Waals surface area contributed by atoms with Crippen LogP contribution in [0.5, 0.6) is 0 Å². The summed E-state index contributed by atoms with van der Waals surface area (Å²) in [6.07, 6.45) is 1.63. The first kappa shape index (κ1) is 14.2. The zero-order chi connectivity index (χ0) is 14.6. The lowest BCUT2D eigenvalue weighted by Crippen LogP contribution is -2.32. The van der Waals surface area contributed by atoms with Crippen molar-refractivity contribution in [1.82, 2.24) is 5.43 Å². The van der Waals surface area contributed by atoms with Gasteiger partial charge < -0.3 is 5.32 Å². The summed E-state index contributed by atoms with van der Waals surface area (Å²) in [5.74, 6) is 0.172. The molecule has 20 heavy (non-hydrogen) atoms. The maximum absolute atomic E-state index is 11.7. The number of hydrogen-bond acceptors (Lipinski definition) is 3. The molecule has 0 atom stereocenters. The van der Waals surface area contributed by atoms with Gasteiger partial charge in [-0.15, -0.1) is 0 Å². The van der Waals surface area contributed by atoms with Crippen LogP contribution in [-0.4, -0.2) is 17.5 Å². The van der Waals surface area contributed by atoms with Gasteiger partial charge in [0.1, 0.15) is 5.78 Å². The number of nitrogens with zero attached hydrogens (tertiary/aromatic N) is 1. The topological polar surface area (TPSA) is 70.6 Å². The zero-order valence-corrected chi connectivity index (χ0v) is 11.8. The molecule has 0 radical (unpaired) electrons. The summed E-state index contributed by atoms with van der Waals surface area (Å²) in [6.45, 7) is 4.06. The molecule has 1 aliphatic carbocycles. The van der Waals surface area contributed by atoms with Crippen molar-refractivity contribution in [2.75, 3.05) is 5.32 Å². The van der Waals surface area contributed by atoms with Gasteiger partial charge in [-0.1, -0.05) is 32.0 Å². The molecule has 5 nitrogen and oxygen atoms in total.